The summed E-state index contributed by atoms with van der Waals surface area (Å²) in [6.45, 7) is 13.8. The van der Waals surface area contributed by atoms with Crippen LogP contribution >= 0.6 is 0 Å². The van der Waals surface area contributed by atoms with E-state index in [1.54, 1.807) is 6.07 Å². The Balaban J connectivity index is 1.37. The average molecular weight is 375 g/mol. The van der Waals surface area contributed by atoms with Gasteiger partial charge in [0.1, 0.15) is 5.75 Å². The van der Waals surface area contributed by atoms with Gasteiger partial charge in [0.2, 0.25) is 0 Å². The van der Waals surface area contributed by atoms with Gasteiger partial charge in [-0.3, -0.25) is 9.80 Å². The van der Waals surface area contributed by atoms with Crippen molar-refractivity contribution in [3.8, 4) is 5.75 Å². The van der Waals surface area contributed by atoms with E-state index in [0.29, 0.717) is 11.7 Å². The number of aromatic hydroxyl groups is 1. The number of hydrogen-bond donors (Lipinski definition) is 2. The minimum absolute atomic E-state index is 0.0706. The number of benzene rings is 1. The molecule has 0 aromatic heterocycles. The number of hydrogen-bond acceptors (Lipinski definition) is 4. The van der Waals surface area contributed by atoms with Crippen molar-refractivity contribution in [2.75, 3.05) is 45.8 Å². The maximum Gasteiger partial charge on any atom is 0.317 e. The van der Waals surface area contributed by atoms with E-state index in [2.05, 4.69) is 35.9 Å². The van der Waals surface area contributed by atoms with Gasteiger partial charge in [0, 0.05) is 51.4 Å². The summed E-state index contributed by atoms with van der Waals surface area (Å²) < 4.78 is 0. The molecule has 0 bridgehead atoms. The second-order valence-electron chi connectivity index (χ2n) is 8.89. The van der Waals surface area contributed by atoms with E-state index in [-0.39, 0.29) is 11.6 Å². The highest BCUT2D eigenvalue weighted by molar-refractivity contribution is 5.74. The second-order valence-corrected chi connectivity index (χ2v) is 8.89. The Morgan fingerprint density at radius 1 is 1.19 bits per heavy atom. The number of amides is 2. The first-order chi connectivity index (χ1) is 12.8. The van der Waals surface area contributed by atoms with Gasteiger partial charge < -0.3 is 15.3 Å². The predicted octanol–water partition coefficient (Wildman–Crippen LogP) is 2.34. The molecule has 2 aliphatic rings. The van der Waals surface area contributed by atoms with E-state index in [1.807, 2.05) is 23.1 Å². The maximum atomic E-state index is 12.5. The zero-order valence-corrected chi connectivity index (χ0v) is 16.9. The number of phenolic OH excluding ortho intramolecular Hbond substituents is 1. The third kappa shape index (κ3) is 5.59. The number of carbonyl (C=O) groups excluding carboxylic acids is 1. The molecule has 1 aromatic rings. The van der Waals surface area contributed by atoms with Crippen LogP contribution in [0.1, 0.15) is 32.8 Å². The summed E-state index contributed by atoms with van der Waals surface area (Å²) in [6.07, 6.45) is 1.16. The maximum absolute atomic E-state index is 12.5. The third-order valence-corrected chi connectivity index (χ3v) is 5.75. The molecule has 0 radical (unpaired) electrons. The Kier molecular flexibility index (Phi) is 6.27. The van der Waals surface area contributed by atoms with Gasteiger partial charge in [0.05, 0.1) is 0 Å². The lowest BCUT2D eigenvalue weighted by Gasteiger charge is -2.35. The van der Waals surface area contributed by atoms with E-state index in [1.165, 1.54) is 0 Å². The van der Waals surface area contributed by atoms with Gasteiger partial charge in [-0.25, -0.2) is 4.79 Å². The molecule has 2 heterocycles. The number of carbonyl (C=O) groups is 1. The molecule has 1 aromatic carbocycles. The first kappa shape index (κ1) is 20.0. The molecule has 0 aliphatic carbocycles. The minimum atomic E-state index is 0.0706. The van der Waals surface area contributed by atoms with Crippen LogP contribution in [0.2, 0.25) is 0 Å². The van der Waals surface area contributed by atoms with E-state index >= 15 is 0 Å². The van der Waals surface area contributed by atoms with Crippen molar-refractivity contribution < 1.29 is 9.90 Å². The molecular weight excluding hydrogens is 340 g/mol. The molecule has 2 amide bonds. The van der Waals surface area contributed by atoms with Crippen molar-refractivity contribution in [1.82, 2.24) is 20.0 Å². The van der Waals surface area contributed by atoms with E-state index in [9.17, 15) is 9.90 Å². The number of nitrogens with one attached hydrogen (secondary N) is 1. The van der Waals surface area contributed by atoms with Crippen LogP contribution in [0.25, 0.3) is 0 Å². The standard InChI is InChI=1S/C21H34N4O2/c1-21(2,3)25-8-7-18(16-25)14-22-20(27)24-11-9-23(10-12-24)15-17-5-4-6-19(26)13-17/h4-6,13,18,26H,7-12,14-16H2,1-3H3,(H,22,27)/t18-/m1/s1. The molecule has 2 fully saturated rings. The summed E-state index contributed by atoms with van der Waals surface area (Å²) in [5.41, 5.74) is 1.32. The van der Waals surface area contributed by atoms with E-state index in [4.69, 9.17) is 0 Å². The average Bonchev–Trinajstić information content (AvgIpc) is 3.10. The van der Waals surface area contributed by atoms with E-state index < -0.39 is 0 Å². The molecule has 6 heteroatoms. The van der Waals surface area contributed by atoms with E-state index in [0.717, 1.165) is 64.3 Å². The Hall–Kier alpha value is -1.79. The molecular formula is C21H34N4O2. The molecule has 3 rings (SSSR count). The molecule has 1 atom stereocenters. The largest absolute Gasteiger partial charge is 0.508 e. The molecule has 27 heavy (non-hydrogen) atoms. The zero-order valence-electron chi connectivity index (χ0n) is 16.9. The number of likely N-dealkylation sites (tertiary alicyclic amines) is 1. The summed E-state index contributed by atoms with van der Waals surface area (Å²) in [5.74, 6) is 0.864. The quantitative estimate of drug-likeness (QED) is 0.849. The minimum Gasteiger partial charge on any atom is -0.508 e. The lowest BCUT2D eigenvalue weighted by molar-refractivity contribution is 0.134. The molecule has 0 spiro atoms. The molecule has 2 N–H and O–H groups in total. The monoisotopic (exact) mass is 374 g/mol. The number of phenols is 1. The molecule has 150 valence electrons. The number of urea groups is 1. The van der Waals surface area contributed by atoms with Crippen LogP contribution in [0.15, 0.2) is 24.3 Å². The number of nitrogens with zero attached hydrogens (tertiary/aromatic N) is 3. The van der Waals surface area contributed by atoms with Gasteiger partial charge in [-0.15, -0.1) is 0 Å². The summed E-state index contributed by atoms with van der Waals surface area (Å²) in [4.78, 5) is 19.3. The highest BCUT2D eigenvalue weighted by Crippen LogP contribution is 2.24. The summed E-state index contributed by atoms with van der Waals surface area (Å²) in [5, 5.41) is 12.7. The third-order valence-electron chi connectivity index (χ3n) is 5.75. The number of rotatable bonds is 4. The molecule has 0 saturated carbocycles. The highest BCUT2D eigenvalue weighted by Gasteiger charge is 2.30. The highest BCUT2D eigenvalue weighted by atomic mass is 16.3. The number of piperazine rings is 1. The van der Waals surface area contributed by atoms with Crippen molar-refractivity contribution in [3.05, 3.63) is 29.8 Å². The second kappa shape index (κ2) is 8.48. The normalized spacial score (nSPS) is 22.2. The summed E-state index contributed by atoms with van der Waals surface area (Å²) >= 11 is 0. The Morgan fingerprint density at radius 3 is 2.56 bits per heavy atom. The first-order valence-electron chi connectivity index (χ1n) is 10.1. The lowest BCUT2D eigenvalue weighted by Crippen LogP contribution is -2.52. The Bertz CT molecular complexity index is 635. The fraction of sp³-hybridized carbons (Fsp3) is 0.667. The van der Waals surface area contributed by atoms with Crippen LogP contribution in [0.3, 0.4) is 0 Å². The van der Waals surface area contributed by atoms with Crippen LogP contribution in [-0.4, -0.2) is 77.2 Å². The van der Waals surface area contributed by atoms with Gasteiger partial charge in [0.25, 0.3) is 0 Å². The van der Waals surface area contributed by atoms with Crippen LogP contribution in [-0.2, 0) is 6.54 Å². The molecule has 2 aliphatic heterocycles. The smallest absolute Gasteiger partial charge is 0.317 e. The SMILES string of the molecule is CC(C)(C)N1CC[C@H](CNC(=O)N2CCN(Cc3cccc(O)c3)CC2)C1. The predicted molar refractivity (Wildman–Crippen MR) is 108 cm³/mol. The summed E-state index contributed by atoms with van der Waals surface area (Å²) in [7, 11) is 0. The van der Waals surface area contributed by atoms with Gasteiger partial charge >= 0.3 is 6.03 Å². The van der Waals surface area contributed by atoms with Gasteiger partial charge in [-0.05, 0) is 57.4 Å². The van der Waals surface area contributed by atoms with Crippen LogP contribution in [0.5, 0.6) is 5.75 Å². The fourth-order valence-corrected chi connectivity index (χ4v) is 3.97. The molecule has 2 saturated heterocycles. The van der Waals surface area contributed by atoms with Crippen molar-refractivity contribution in [2.24, 2.45) is 5.92 Å². The van der Waals surface area contributed by atoms with Crippen LogP contribution < -0.4 is 5.32 Å². The van der Waals surface area contributed by atoms with Gasteiger partial charge in [-0.2, -0.15) is 0 Å². The van der Waals surface area contributed by atoms with Crippen molar-refractivity contribution in [3.63, 3.8) is 0 Å². The molecule has 0 unspecified atom stereocenters. The topological polar surface area (TPSA) is 59.1 Å². The Labute approximate surface area is 163 Å². The first-order valence-corrected chi connectivity index (χ1v) is 10.1. The van der Waals surface area contributed by atoms with Crippen molar-refractivity contribution >= 4 is 6.03 Å². The van der Waals surface area contributed by atoms with Crippen LogP contribution in [0, 0.1) is 5.92 Å². The van der Waals surface area contributed by atoms with Crippen molar-refractivity contribution in [1.29, 1.82) is 0 Å². The van der Waals surface area contributed by atoms with Crippen molar-refractivity contribution in [2.45, 2.75) is 39.3 Å². The van der Waals surface area contributed by atoms with Crippen LogP contribution in [0.4, 0.5) is 4.79 Å². The Morgan fingerprint density at radius 2 is 1.93 bits per heavy atom. The van der Waals surface area contributed by atoms with Gasteiger partial charge in [0.15, 0.2) is 0 Å². The summed E-state index contributed by atoms with van der Waals surface area (Å²) in [6, 6.07) is 7.47. The zero-order chi connectivity index (χ0) is 19.4. The van der Waals surface area contributed by atoms with Gasteiger partial charge in [-0.1, -0.05) is 12.1 Å². The lowest BCUT2D eigenvalue weighted by atomic mass is 10.1. The molecule has 6 nitrogen and oxygen atoms in total. The fourth-order valence-electron chi connectivity index (χ4n) is 3.97.